The zero-order chi connectivity index (χ0) is 14.0. The Morgan fingerprint density at radius 3 is 2.47 bits per heavy atom. The van der Waals surface area contributed by atoms with Crippen LogP contribution < -0.4 is 10.5 Å². The van der Waals surface area contributed by atoms with Crippen LogP contribution in [0.15, 0.2) is 45.7 Å². The van der Waals surface area contributed by atoms with Crippen molar-refractivity contribution < 1.29 is 17.6 Å². The monoisotopic (exact) mass is 280 g/mol. The molecular formula is C12H12N2O4S. The van der Waals surface area contributed by atoms with Gasteiger partial charge in [0.05, 0.1) is 5.69 Å². The molecule has 19 heavy (non-hydrogen) atoms. The van der Waals surface area contributed by atoms with E-state index in [0.29, 0.717) is 5.76 Å². The molecule has 0 saturated carbocycles. The van der Waals surface area contributed by atoms with E-state index in [1.54, 1.807) is 19.1 Å². The van der Waals surface area contributed by atoms with Gasteiger partial charge in [-0.15, -0.1) is 0 Å². The Labute approximate surface area is 110 Å². The molecule has 0 saturated heterocycles. The Morgan fingerprint density at radius 2 is 1.89 bits per heavy atom. The second-order valence-corrected chi connectivity index (χ2v) is 5.44. The number of nitrogens with one attached hydrogen (secondary N) is 1. The van der Waals surface area contributed by atoms with Gasteiger partial charge in [-0.1, -0.05) is 12.1 Å². The molecule has 0 aliphatic heterocycles. The summed E-state index contributed by atoms with van der Waals surface area (Å²) in [5.74, 6) is 0.149. The molecule has 1 aromatic carbocycles. The first kappa shape index (κ1) is 13.3. The quantitative estimate of drug-likeness (QED) is 0.889. The van der Waals surface area contributed by atoms with Crippen LogP contribution in [0.1, 0.15) is 16.3 Å². The van der Waals surface area contributed by atoms with E-state index in [-0.39, 0.29) is 16.3 Å². The molecule has 100 valence electrons. The minimum absolute atomic E-state index is 0.0988. The van der Waals surface area contributed by atoms with Crippen molar-refractivity contribution >= 4 is 21.6 Å². The lowest BCUT2D eigenvalue weighted by Crippen LogP contribution is -2.18. The number of nitrogens with two attached hydrogens (primary N) is 1. The van der Waals surface area contributed by atoms with Crippen LogP contribution in [0, 0.1) is 6.92 Å². The first-order valence-corrected chi connectivity index (χ1v) is 6.92. The number of primary sulfonamides is 1. The minimum Gasteiger partial charge on any atom is -0.456 e. The molecule has 7 heteroatoms. The van der Waals surface area contributed by atoms with Crippen LogP contribution in [-0.4, -0.2) is 14.3 Å². The van der Waals surface area contributed by atoms with Crippen LogP contribution >= 0.6 is 0 Å². The third kappa shape index (κ3) is 3.01. The van der Waals surface area contributed by atoms with E-state index in [1.165, 1.54) is 24.3 Å². The molecule has 0 aliphatic carbocycles. The maximum atomic E-state index is 11.9. The zero-order valence-electron chi connectivity index (χ0n) is 10.1. The molecular weight excluding hydrogens is 268 g/mol. The maximum absolute atomic E-state index is 11.9. The second-order valence-electron chi connectivity index (χ2n) is 3.91. The van der Waals surface area contributed by atoms with Crippen molar-refractivity contribution in [2.45, 2.75) is 11.8 Å². The summed E-state index contributed by atoms with van der Waals surface area (Å²) in [5, 5.41) is 7.53. The van der Waals surface area contributed by atoms with Gasteiger partial charge >= 0.3 is 0 Å². The molecule has 0 radical (unpaired) electrons. The summed E-state index contributed by atoms with van der Waals surface area (Å²) in [5.41, 5.74) is 0.115. The van der Waals surface area contributed by atoms with Crippen molar-refractivity contribution in [3.05, 3.63) is 47.9 Å². The number of aryl methyl sites for hydroxylation is 1. The first-order valence-electron chi connectivity index (χ1n) is 5.37. The smallest absolute Gasteiger partial charge is 0.291 e. The Hall–Kier alpha value is -2.12. The summed E-state index contributed by atoms with van der Waals surface area (Å²) < 4.78 is 27.9. The zero-order valence-corrected chi connectivity index (χ0v) is 10.9. The van der Waals surface area contributed by atoms with E-state index in [2.05, 4.69) is 5.32 Å². The molecule has 2 rings (SSSR count). The molecule has 1 aromatic heterocycles. The fourth-order valence-electron chi connectivity index (χ4n) is 1.56. The number of furan rings is 1. The van der Waals surface area contributed by atoms with Crippen molar-refractivity contribution in [2.24, 2.45) is 5.14 Å². The van der Waals surface area contributed by atoms with Gasteiger partial charge in [-0.2, -0.15) is 0 Å². The molecule has 0 spiro atoms. The number of hydrogen-bond donors (Lipinski definition) is 2. The maximum Gasteiger partial charge on any atom is 0.291 e. The summed E-state index contributed by atoms with van der Waals surface area (Å²) >= 11 is 0. The number of hydrogen-bond acceptors (Lipinski definition) is 4. The predicted molar refractivity (Wildman–Crippen MR) is 69.2 cm³/mol. The van der Waals surface area contributed by atoms with Gasteiger partial charge in [0.15, 0.2) is 5.76 Å². The average Bonchev–Trinajstić information content (AvgIpc) is 2.75. The van der Waals surface area contributed by atoms with Crippen molar-refractivity contribution in [3.8, 4) is 0 Å². The number of carbonyl (C=O) groups is 1. The highest BCUT2D eigenvalue weighted by Crippen LogP contribution is 2.20. The predicted octanol–water partition coefficient (Wildman–Crippen LogP) is 1.49. The Kier molecular flexibility index (Phi) is 3.41. The standard InChI is InChI=1S/C12H12N2O4S/c1-8-6-7-10(18-8)12(15)14-9-4-2-3-5-11(9)19(13,16)17/h2-7H,1H3,(H,14,15)(H2,13,16,17). The highest BCUT2D eigenvalue weighted by Gasteiger charge is 2.17. The van der Waals surface area contributed by atoms with Gasteiger partial charge in [-0.25, -0.2) is 13.6 Å². The molecule has 2 aromatic rings. The van der Waals surface area contributed by atoms with Gasteiger partial charge in [0, 0.05) is 0 Å². The molecule has 1 heterocycles. The summed E-state index contributed by atoms with van der Waals surface area (Å²) in [7, 11) is -3.90. The average molecular weight is 280 g/mol. The van der Waals surface area contributed by atoms with Crippen molar-refractivity contribution in [2.75, 3.05) is 5.32 Å². The number of carbonyl (C=O) groups excluding carboxylic acids is 1. The lowest BCUT2D eigenvalue weighted by Gasteiger charge is -2.08. The molecule has 6 nitrogen and oxygen atoms in total. The minimum atomic E-state index is -3.90. The van der Waals surface area contributed by atoms with E-state index in [9.17, 15) is 13.2 Å². The lowest BCUT2D eigenvalue weighted by molar-refractivity contribution is 0.0995. The Bertz CT molecular complexity index is 719. The van der Waals surface area contributed by atoms with Gasteiger partial charge in [0.25, 0.3) is 5.91 Å². The van der Waals surface area contributed by atoms with Crippen LogP contribution in [-0.2, 0) is 10.0 Å². The van der Waals surface area contributed by atoms with Gasteiger partial charge in [0.2, 0.25) is 10.0 Å². The summed E-state index contributed by atoms with van der Waals surface area (Å²) in [4.78, 5) is 11.7. The molecule has 0 fully saturated rings. The van der Waals surface area contributed by atoms with Crippen molar-refractivity contribution in [1.29, 1.82) is 0 Å². The third-order valence-electron chi connectivity index (χ3n) is 2.41. The molecule has 0 bridgehead atoms. The van der Waals surface area contributed by atoms with Crippen LogP contribution in [0.2, 0.25) is 0 Å². The molecule has 3 N–H and O–H groups in total. The Balaban J connectivity index is 2.32. The fraction of sp³-hybridized carbons (Fsp3) is 0.0833. The van der Waals surface area contributed by atoms with Gasteiger partial charge in [-0.05, 0) is 31.2 Å². The number of rotatable bonds is 3. The van der Waals surface area contributed by atoms with E-state index >= 15 is 0 Å². The summed E-state index contributed by atoms with van der Waals surface area (Å²) in [6, 6.07) is 9.03. The summed E-state index contributed by atoms with van der Waals surface area (Å²) in [6.45, 7) is 1.70. The van der Waals surface area contributed by atoms with Gasteiger partial charge in [0.1, 0.15) is 10.7 Å². The van der Waals surface area contributed by atoms with Gasteiger partial charge in [-0.3, -0.25) is 4.79 Å². The van der Waals surface area contributed by atoms with E-state index in [0.717, 1.165) is 0 Å². The number of sulfonamides is 1. The Morgan fingerprint density at radius 1 is 1.21 bits per heavy atom. The normalized spacial score (nSPS) is 11.3. The van der Waals surface area contributed by atoms with E-state index < -0.39 is 15.9 Å². The number of para-hydroxylation sites is 1. The van der Waals surface area contributed by atoms with Crippen LogP contribution in [0.3, 0.4) is 0 Å². The van der Waals surface area contributed by atoms with E-state index in [4.69, 9.17) is 9.56 Å². The third-order valence-corrected chi connectivity index (χ3v) is 3.37. The fourth-order valence-corrected chi connectivity index (χ4v) is 2.25. The van der Waals surface area contributed by atoms with Crippen molar-refractivity contribution in [3.63, 3.8) is 0 Å². The summed E-state index contributed by atoms with van der Waals surface area (Å²) in [6.07, 6.45) is 0. The second kappa shape index (κ2) is 4.87. The van der Waals surface area contributed by atoms with Crippen LogP contribution in [0.5, 0.6) is 0 Å². The first-order chi connectivity index (χ1) is 8.88. The van der Waals surface area contributed by atoms with Crippen LogP contribution in [0.25, 0.3) is 0 Å². The van der Waals surface area contributed by atoms with Gasteiger partial charge < -0.3 is 9.73 Å². The number of anilines is 1. The van der Waals surface area contributed by atoms with Crippen molar-refractivity contribution in [1.82, 2.24) is 0 Å². The molecule has 1 amide bonds. The number of benzene rings is 1. The lowest BCUT2D eigenvalue weighted by atomic mass is 10.3. The number of amides is 1. The largest absolute Gasteiger partial charge is 0.456 e. The van der Waals surface area contributed by atoms with Crippen LogP contribution in [0.4, 0.5) is 5.69 Å². The molecule has 0 unspecified atom stereocenters. The SMILES string of the molecule is Cc1ccc(C(=O)Nc2ccccc2S(N)(=O)=O)o1. The molecule has 0 atom stereocenters. The van der Waals surface area contributed by atoms with E-state index in [1.807, 2.05) is 0 Å². The molecule has 0 aliphatic rings. The topological polar surface area (TPSA) is 102 Å². The highest BCUT2D eigenvalue weighted by molar-refractivity contribution is 7.89. The highest BCUT2D eigenvalue weighted by atomic mass is 32.2.